The minimum atomic E-state index is -2.39. The van der Waals surface area contributed by atoms with Crippen LogP contribution in [-0.2, 0) is 0 Å². The number of rotatable bonds is 2. The maximum absolute atomic E-state index is 13.2. The zero-order chi connectivity index (χ0) is 10.1. The van der Waals surface area contributed by atoms with Crippen molar-refractivity contribution in [2.75, 3.05) is 0 Å². The Balaban J connectivity index is 2.48. The summed E-state index contributed by atoms with van der Waals surface area (Å²) >= 11 is 0. The minimum absolute atomic E-state index is 0.0988. The third-order valence-corrected chi connectivity index (χ3v) is 2.77. The van der Waals surface area contributed by atoms with Crippen LogP contribution in [0.2, 0.25) is 0 Å². The topological polar surface area (TPSA) is 0 Å². The van der Waals surface area contributed by atoms with Crippen LogP contribution in [0.4, 0.5) is 8.78 Å². The van der Waals surface area contributed by atoms with Gasteiger partial charge in [-0.3, -0.25) is 0 Å². The van der Waals surface area contributed by atoms with Gasteiger partial charge in [-0.2, -0.15) is 0 Å². The Hall–Kier alpha value is -0.140. The van der Waals surface area contributed by atoms with Gasteiger partial charge in [-0.1, -0.05) is 20.8 Å². The van der Waals surface area contributed by atoms with Crippen molar-refractivity contribution in [1.82, 2.24) is 0 Å². The molecule has 0 aromatic carbocycles. The molecular formula is C11H20F2. The molecule has 2 heteroatoms. The summed E-state index contributed by atoms with van der Waals surface area (Å²) < 4.78 is 26.3. The first-order valence-electron chi connectivity index (χ1n) is 5.27. The SMILES string of the molecule is CC(C)C[C@@H]1C[C@@H](C)CC(F)(F)C1. The molecule has 0 radical (unpaired) electrons. The van der Waals surface area contributed by atoms with Gasteiger partial charge in [-0.25, -0.2) is 8.78 Å². The predicted octanol–water partition coefficient (Wildman–Crippen LogP) is 4.10. The standard InChI is InChI=1S/C11H20F2/c1-8(2)4-10-5-9(3)6-11(12,13)7-10/h8-10H,4-7H2,1-3H3/t9-,10-/m1/s1. The van der Waals surface area contributed by atoms with Crippen molar-refractivity contribution in [3.8, 4) is 0 Å². The molecule has 78 valence electrons. The Morgan fingerprint density at radius 2 is 1.92 bits per heavy atom. The van der Waals surface area contributed by atoms with Crippen LogP contribution in [-0.4, -0.2) is 5.92 Å². The van der Waals surface area contributed by atoms with Crippen molar-refractivity contribution in [3.05, 3.63) is 0 Å². The Morgan fingerprint density at radius 1 is 1.31 bits per heavy atom. The van der Waals surface area contributed by atoms with E-state index in [4.69, 9.17) is 0 Å². The lowest BCUT2D eigenvalue weighted by atomic mass is 9.77. The quantitative estimate of drug-likeness (QED) is 0.615. The van der Waals surface area contributed by atoms with Crippen molar-refractivity contribution in [3.63, 3.8) is 0 Å². The fraction of sp³-hybridized carbons (Fsp3) is 1.00. The average molecular weight is 190 g/mol. The van der Waals surface area contributed by atoms with E-state index in [2.05, 4.69) is 13.8 Å². The van der Waals surface area contributed by atoms with E-state index in [9.17, 15) is 8.78 Å². The van der Waals surface area contributed by atoms with Gasteiger partial charge in [0, 0.05) is 12.8 Å². The van der Waals surface area contributed by atoms with Gasteiger partial charge in [-0.15, -0.1) is 0 Å². The predicted molar refractivity (Wildman–Crippen MR) is 50.9 cm³/mol. The number of halogens is 2. The average Bonchev–Trinajstić information content (AvgIpc) is 1.78. The third-order valence-electron chi connectivity index (χ3n) is 2.77. The molecule has 1 fully saturated rings. The first kappa shape index (κ1) is 10.9. The molecule has 1 rings (SSSR count). The highest BCUT2D eigenvalue weighted by Crippen LogP contribution is 2.41. The van der Waals surface area contributed by atoms with Gasteiger partial charge in [0.25, 0.3) is 0 Å². The van der Waals surface area contributed by atoms with Gasteiger partial charge in [0.15, 0.2) is 0 Å². The molecule has 0 amide bonds. The molecule has 0 aromatic rings. The summed E-state index contributed by atoms with van der Waals surface area (Å²) in [5.41, 5.74) is 0. The number of hydrogen-bond acceptors (Lipinski definition) is 0. The molecule has 0 bridgehead atoms. The van der Waals surface area contributed by atoms with Gasteiger partial charge in [0.1, 0.15) is 0 Å². The lowest BCUT2D eigenvalue weighted by Gasteiger charge is -2.33. The molecule has 0 heterocycles. The van der Waals surface area contributed by atoms with E-state index >= 15 is 0 Å². The normalized spacial score (nSPS) is 33.7. The fourth-order valence-electron chi connectivity index (χ4n) is 2.60. The van der Waals surface area contributed by atoms with E-state index in [1.807, 2.05) is 6.92 Å². The second kappa shape index (κ2) is 3.93. The molecule has 0 N–H and O–H groups in total. The zero-order valence-electron chi connectivity index (χ0n) is 8.82. The highest BCUT2D eigenvalue weighted by molar-refractivity contribution is 4.82. The van der Waals surface area contributed by atoms with E-state index < -0.39 is 5.92 Å². The van der Waals surface area contributed by atoms with Crippen LogP contribution < -0.4 is 0 Å². The largest absolute Gasteiger partial charge is 0.248 e. The molecule has 0 unspecified atom stereocenters. The van der Waals surface area contributed by atoms with Crippen LogP contribution in [0.3, 0.4) is 0 Å². The Morgan fingerprint density at radius 3 is 2.38 bits per heavy atom. The van der Waals surface area contributed by atoms with Gasteiger partial charge in [0.2, 0.25) is 5.92 Å². The Kier molecular flexibility index (Phi) is 3.31. The molecule has 0 aromatic heterocycles. The van der Waals surface area contributed by atoms with Gasteiger partial charge in [0.05, 0.1) is 0 Å². The van der Waals surface area contributed by atoms with E-state index in [-0.39, 0.29) is 24.7 Å². The third kappa shape index (κ3) is 3.61. The summed E-state index contributed by atoms with van der Waals surface area (Å²) in [5, 5.41) is 0. The zero-order valence-corrected chi connectivity index (χ0v) is 8.82. The van der Waals surface area contributed by atoms with Crippen molar-refractivity contribution < 1.29 is 8.78 Å². The van der Waals surface area contributed by atoms with Crippen LogP contribution in [0.5, 0.6) is 0 Å². The summed E-state index contributed by atoms with van der Waals surface area (Å²) in [5.74, 6) is -1.39. The van der Waals surface area contributed by atoms with Gasteiger partial charge in [-0.05, 0) is 30.6 Å². The van der Waals surface area contributed by atoms with Crippen LogP contribution >= 0.6 is 0 Å². The highest BCUT2D eigenvalue weighted by Gasteiger charge is 2.39. The smallest absolute Gasteiger partial charge is 0.207 e. The van der Waals surface area contributed by atoms with E-state index in [0.29, 0.717) is 5.92 Å². The summed E-state index contributed by atoms with van der Waals surface area (Å²) in [6.07, 6.45) is 2.17. The van der Waals surface area contributed by atoms with Gasteiger partial charge < -0.3 is 0 Å². The minimum Gasteiger partial charge on any atom is -0.207 e. The van der Waals surface area contributed by atoms with Crippen molar-refractivity contribution in [2.45, 2.75) is 52.4 Å². The maximum atomic E-state index is 13.2. The molecule has 13 heavy (non-hydrogen) atoms. The number of hydrogen-bond donors (Lipinski definition) is 0. The molecule has 0 aliphatic heterocycles. The molecule has 1 aliphatic carbocycles. The monoisotopic (exact) mass is 190 g/mol. The van der Waals surface area contributed by atoms with E-state index in [0.717, 1.165) is 12.8 Å². The lowest BCUT2D eigenvalue weighted by Crippen LogP contribution is -2.31. The number of alkyl halides is 2. The van der Waals surface area contributed by atoms with E-state index in [1.165, 1.54) is 0 Å². The summed E-state index contributed by atoms with van der Waals surface area (Å²) in [6.45, 7) is 6.16. The summed E-state index contributed by atoms with van der Waals surface area (Å²) in [4.78, 5) is 0. The molecule has 1 aliphatic rings. The second-order valence-corrected chi connectivity index (χ2v) is 5.10. The van der Waals surface area contributed by atoms with E-state index in [1.54, 1.807) is 0 Å². The van der Waals surface area contributed by atoms with Crippen molar-refractivity contribution >= 4 is 0 Å². The van der Waals surface area contributed by atoms with Crippen LogP contribution in [0.15, 0.2) is 0 Å². The maximum Gasteiger partial charge on any atom is 0.248 e. The molecular weight excluding hydrogens is 170 g/mol. The second-order valence-electron chi connectivity index (χ2n) is 5.10. The van der Waals surface area contributed by atoms with Crippen molar-refractivity contribution in [1.29, 1.82) is 0 Å². The Bertz CT molecular complexity index is 161. The molecule has 1 saturated carbocycles. The summed E-state index contributed by atoms with van der Waals surface area (Å²) in [7, 11) is 0. The fourth-order valence-corrected chi connectivity index (χ4v) is 2.60. The Labute approximate surface area is 79.7 Å². The molecule has 2 atom stereocenters. The highest BCUT2D eigenvalue weighted by atomic mass is 19.3. The van der Waals surface area contributed by atoms with Crippen LogP contribution in [0.1, 0.15) is 46.5 Å². The first-order chi connectivity index (χ1) is 5.89. The van der Waals surface area contributed by atoms with Crippen LogP contribution in [0, 0.1) is 17.8 Å². The summed E-state index contributed by atoms with van der Waals surface area (Å²) in [6, 6.07) is 0. The lowest BCUT2D eigenvalue weighted by molar-refractivity contribution is -0.0719. The molecule has 0 nitrogen and oxygen atoms in total. The first-order valence-corrected chi connectivity index (χ1v) is 5.27. The van der Waals surface area contributed by atoms with Crippen molar-refractivity contribution in [2.24, 2.45) is 17.8 Å². The van der Waals surface area contributed by atoms with Gasteiger partial charge >= 0.3 is 0 Å². The molecule has 0 spiro atoms. The van der Waals surface area contributed by atoms with Crippen LogP contribution in [0.25, 0.3) is 0 Å². The molecule has 0 saturated heterocycles.